The highest BCUT2D eigenvalue weighted by molar-refractivity contribution is 7.89. The summed E-state index contributed by atoms with van der Waals surface area (Å²) >= 11 is 0. The van der Waals surface area contributed by atoms with Crippen molar-refractivity contribution in [2.45, 2.75) is 57.9 Å². The van der Waals surface area contributed by atoms with Gasteiger partial charge in [0.25, 0.3) is 0 Å². The van der Waals surface area contributed by atoms with Crippen molar-refractivity contribution in [2.75, 3.05) is 25.4 Å². The van der Waals surface area contributed by atoms with Crippen molar-refractivity contribution < 1.29 is 8.42 Å². The molecule has 112 valence electrons. The lowest BCUT2D eigenvalue weighted by molar-refractivity contribution is 0.158. The summed E-state index contributed by atoms with van der Waals surface area (Å²) < 4.78 is 27.1. The highest BCUT2D eigenvalue weighted by atomic mass is 32.2. The van der Waals surface area contributed by atoms with Gasteiger partial charge in [-0.25, -0.2) is 13.1 Å². The average molecular weight is 288 g/mol. The molecule has 1 aliphatic heterocycles. The second-order valence-electron chi connectivity index (χ2n) is 6.76. The minimum absolute atomic E-state index is 0.0702. The quantitative estimate of drug-likeness (QED) is 0.813. The first kappa shape index (κ1) is 15.3. The van der Waals surface area contributed by atoms with E-state index in [2.05, 4.69) is 23.5 Å². The van der Waals surface area contributed by atoms with Gasteiger partial charge in [-0.3, -0.25) is 4.90 Å². The number of nitrogens with one attached hydrogen (secondary N) is 1. The molecule has 0 aromatic heterocycles. The Morgan fingerprint density at radius 1 is 1.11 bits per heavy atom. The summed E-state index contributed by atoms with van der Waals surface area (Å²) in [7, 11) is -3.10. The van der Waals surface area contributed by atoms with Crippen molar-refractivity contribution in [2.24, 2.45) is 5.92 Å². The van der Waals surface area contributed by atoms with Crippen LogP contribution in [0.3, 0.4) is 0 Å². The van der Waals surface area contributed by atoms with Gasteiger partial charge in [0.2, 0.25) is 10.0 Å². The number of likely N-dealkylation sites (tertiary alicyclic amines) is 1. The van der Waals surface area contributed by atoms with Crippen LogP contribution in [-0.4, -0.2) is 44.2 Å². The average Bonchev–Trinajstić information content (AvgIpc) is 2.98. The van der Waals surface area contributed by atoms with Crippen LogP contribution < -0.4 is 4.72 Å². The van der Waals surface area contributed by atoms with E-state index in [1.807, 2.05) is 0 Å². The van der Waals surface area contributed by atoms with Crippen molar-refractivity contribution in [3.8, 4) is 0 Å². The second kappa shape index (κ2) is 6.10. The lowest BCUT2D eigenvalue weighted by Crippen LogP contribution is -2.50. The second-order valence-corrected chi connectivity index (χ2v) is 8.61. The molecule has 1 saturated carbocycles. The summed E-state index contributed by atoms with van der Waals surface area (Å²) in [6, 6.07) is 0. The van der Waals surface area contributed by atoms with Gasteiger partial charge in [-0.05, 0) is 58.5 Å². The standard InChI is InChI=1S/C14H28N2O2S/c1-14(2,16-9-5-6-10-16)12-15-19(17,18)11-13-7-3-4-8-13/h13,15H,3-12H2,1-2H3. The van der Waals surface area contributed by atoms with Gasteiger partial charge in [-0.15, -0.1) is 0 Å². The molecule has 1 N–H and O–H groups in total. The van der Waals surface area contributed by atoms with Crippen LogP contribution in [0.2, 0.25) is 0 Å². The van der Waals surface area contributed by atoms with E-state index in [4.69, 9.17) is 0 Å². The lowest BCUT2D eigenvalue weighted by atomic mass is 10.0. The van der Waals surface area contributed by atoms with Crippen molar-refractivity contribution in [3.05, 3.63) is 0 Å². The Hall–Kier alpha value is -0.130. The van der Waals surface area contributed by atoms with E-state index in [9.17, 15) is 8.42 Å². The highest BCUT2D eigenvalue weighted by Gasteiger charge is 2.31. The molecule has 2 fully saturated rings. The largest absolute Gasteiger partial charge is 0.297 e. The Morgan fingerprint density at radius 2 is 1.68 bits per heavy atom. The fourth-order valence-electron chi connectivity index (χ4n) is 3.27. The molecule has 4 nitrogen and oxygen atoms in total. The Morgan fingerprint density at radius 3 is 2.26 bits per heavy atom. The van der Waals surface area contributed by atoms with Gasteiger partial charge in [-0.1, -0.05) is 12.8 Å². The maximum Gasteiger partial charge on any atom is 0.211 e. The van der Waals surface area contributed by atoms with E-state index in [1.165, 1.54) is 25.7 Å². The maximum atomic E-state index is 12.1. The van der Waals surface area contributed by atoms with Gasteiger partial charge in [-0.2, -0.15) is 0 Å². The van der Waals surface area contributed by atoms with E-state index >= 15 is 0 Å². The highest BCUT2D eigenvalue weighted by Crippen LogP contribution is 2.26. The predicted octanol–water partition coefficient (Wildman–Crippen LogP) is 1.97. The number of rotatable bonds is 6. The first-order valence-electron chi connectivity index (χ1n) is 7.61. The summed E-state index contributed by atoms with van der Waals surface area (Å²) in [5.74, 6) is 0.704. The lowest BCUT2D eigenvalue weighted by Gasteiger charge is -2.35. The Balaban J connectivity index is 1.82. The SMILES string of the molecule is CC(C)(CNS(=O)(=O)CC1CCCC1)N1CCCC1. The molecular weight excluding hydrogens is 260 g/mol. The van der Waals surface area contributed by atoms with Crippen molar-refractivity contribution in [1.82, 2.24) is 9.62 Å². The monoisotopic (exact) mass is 288 g/mol. The van der Waals surface area contributed by atoms with E-state index < -0.39 is 10.0 Å². The van der Waals surface area contributed by atoms with Crippen LogP contribution in [-0.2, 0) is 10.0 Å². The van der Waals surface area contributed by atoms with Crippen LogP contribution in [0, 0.1) is 5.92 Å². The van der Waals surface area contributed by atoms with Crippen LogP contribution in [0.4, 0.5) is 0 Å². The molecule has 2 aliphatic rings. The zero-order chi connectivity index (χ0) is 13.9. The van der Waals surface area contributed by atoms with Crippen LogP contribution in [0.25, 0.3) is 0 Å². The third kappa shape index (κ3) is 4.43. The van der Waals surface area contributed by atoms with Gasteiger partial charge in [0.1, 0.15) is 0 Å². The predicted molar refractivity (Wildman–Crippen MR) is 78.6 cm³/mol. The molecule has 0 aromatic rings. The van der Waals surface area contributed by atoms with E-state index in [-0.39, 0.29) is 5.54 Å². The number of nitrogens with zero attached hydrogens (tertiary/aromatic N) is 1. The van der Waals surface area contributed by atoms with E-state index in [0.29, 0.717) is 18.2 Å². The van der Waals surface area contributed by atoms with Crippen LogP contribution in [0.15, 0.2) is 0 Å². The molecule has 0 spiro atoms. The molecule has 1 heterocycles. The number of hydrogen-bond donors (Lipinski definition) is 1. The zero-order valence-electron chi connectivity index (χ0n) is 12.3. The minimum atomic E-state index is -3.10. The molecule has 5 heteroatoms. The normalized spacial score (nSPS) is 23.3. The van der Waals surface area contributed by atoms with Gasteiger partial charge in [0, 0.05) is 12.1 Å². The molecule has 0 aromatic carbocycles. The summed E-state index contributed by atoms with van der Waals surface area (Å²) in [5, 5.41) is 0. The minimum Gasteiger partial charge on any atom is -0.297 e. The topological polar surface area (TPSA) is 49.4 Å². The first-order valence-corrected chi connectivity index (χ1v) is 9.27. The molecule has 0 bridgehead atoms. The molecule has 1 saturated heterocycles. The van der Waals surface area contributed by atoms with Gasteiger partial charge in [0.05, 0.1) is 5.75 Å². The van der Waals surface area contributed by atoms with E-state index in [0.717, 1.165) is 25.9 Å². The fourth-order valence-corrected chi connectivity index (χ4v) is 4.91. The summed E-state index contributed by atoms with van der Waals surface area (Å²) in [6.45, 7) is 6.99. The Labute approximate surface area is 118 Å². The maximum absolute atomic E-state index is 12.1. The Bertz CT molecular complexity index is 380. The van der Waals surface area contributed by atoms with E-state index in [1.54, 1.807) is 0 Å². The molecule has 0 atom stereocenters. The third-order valence-electron chi connectivity index (χ3n) is 4.62. The van der Waals surface area contributed by atoms with Gasteiger partial charge < -0.3 is 0 Å². The Kier molecular flexibility index (Phi) is 4.90. The van der Waals surface area contributed by atoms with Gasteiger partial charge >= 0.3 is 0 Å². The van der Waals surface area contributed by atoms with Crippen LogP contribution >= 0.6 is 0 Å². The molecule has 0 radical (unpaired) electrons. The molecular formula is C14H28N2O2S. The summed E-state index contributed by atoms with van der Waals surface area (Å²) in [4.78, 5) is 2.39. The van der Waals surface area contributed by atoms with Gasteiger partial charge in [0.15, 0.2) is 0 Å². The van der Waals surface area contributed by atoms with Crippen molar-refractivity contribution in [3.63, 3.8) is 0 Å². The summed E-state index contributed by atoms with van der Waals surface area (Å²) in [6.07, 6.45) is 7.02. The molecule has 19 heavy (non-hydrogen) atoms. The molecule has 0 unspecified atom stereocenters. The first-order chi connectivity index (χ1) is 8.89. The fraction of sp³-hybridized carbons (Fsp3) is 1.00. The van der Waals surface area contributed by atoms with Crippen LogP contribution in [0.1, 0.15) is 52.4 Å². The molecule has 2 rings (SSSR count). The van der Waals surface area contributed by atoms with Crippen molar-refractivity contribution >= 4 is 10.0 Å². The number of hydrogen-bond acceptors (Lipinski definition) is 3. The zero-order valence-corrected chi connectivity index (χ0v) is 13.1. The van der Waals surface area contributed by atoms with Crippen molar-refractivity contribution in [1.29, 1.82) is 0 Å². The smallest absolute Gasteiger partial charge is 0.211 e. The molecule has 1 aliphatic carbocycles. The third-order valence-corrected chi connectivity index (χ3v) is 6.11. The number of sulfonamides is 1. The molecule has 0 amide bonds. The van der Waals surface area contributed by atoms with Crippen LogP contribution in [0.5, 0.6) is 0 Å². The summed E-state index contributed by atoms with van der Waals surface area (Å²) in [5.41, 5.74) is -0.0702.